The molecule has 5 nitrogen and oxygen atoms in total. The minimum absolute atomic E-state index is 0.154. The van der Waals surface area contributed by atoms with Gasteiger partial charge in [-0.15, -0.1) is 0 Å². The molecule has 0 fully saturated rings. The summed E-state index contributed by atoms with van der Waals surface area (Å²) in [7, 11) is -4.60. The maximum absolute atomic E-state index is 11.1. The van der Waals surface area contributed by atoms with Crippen LogP contribution in [-0.4, -0.2) is 13.0 Å². The summed E-state index contributed by atoms with van der Waals surface area (Å²) in [5, 5.41) is 0. The van der Waals surface area contributed by atoms with Gasteiger partial charge >= 0.3 is 10.4 Å². The van der Waals surface area contributed by atoms with Gasteiger partial charge in [-0.25, -0.2) is 0 Å². The highest BCUT2D eigenvalue weighted by Gasteiger charge is 2.29. The molecule has 0 saturated heterocycles. The van der Waals surface area contributed by atoms with Crippen LogP contribution in [0.15, 0.2) is 12.1 Å². The molecule has 1 aromatic carbocycles. The van der Waals surface area contributed by atoms with Gasteiger partial charge in [0.05, 0.1) is 0 Å². The molecule has 0 radical (unpaired) electrons. The first kappa shape index (κ1) is 16.8. The lowest BCUT2D eigenvalue weighted by atomic mass is 9.79. The quantitative estimate of drug-likeness (QED) is 0.647. The van der Waals surface area contributed by atoms with E-state index >= 15 is 0 Å². The van der Waals surface area contributed by atoms with Crippen molar-refractivity contribution < 1.29 is 17.2 Å². The third kappa shape index (κ3) is 4.11. The zero-order chi connectivity index (χ0) is 15.9. The van der Waals surface area contributed by atoms with Gasteiger partial charge in [0.25, 0.3) is 0 Å². The van der Waals surface area contributed by atoms with Crippen LogP contribution in [0.25, 0.3) is 0 Å². The smallest absolute Gasteiger partial charge is 0.399 e. The Bertz CT molecular complexity index is 572. The molecule has 0 aliphatic carbocycles. The Kier molecular flexibility index (Phi) is 4.14. The lowest BCUT2D eigenvalue weighted by Gasteiger charge is -2.29. The molecule has 0 aliphatic heterocycles. The van der Waals surface area contributed by atoms with Gasteiger partial charge < -0.3 is 9.92 Å². The number of rotatable bonds is 2. The molecule has 0 bridgehead atoms. The topological polar surface area (TPSA) is 89.6 Å². The number of benzene rings is 1. The molecule has 0 unspecified atom stereocenters. The van der Waals surface area contributed by atoms with Gasteiger partial charge in [0.15, 0.2) is 5.75 Å². The minimum atomic E-state index is -4.60. The lowest BCUT2D eigenvalue weighted by molar-refractivity contribution is 0.375. The van der Waals surface area contributed by atoms with Gasteiger partial charge in [-0.05, 0) is 23.0 Å². The fourth-order valence-corrected chi connectivity index (χ4v) is 2.35. The molecule has 0 amide bonds. The van der Waals surface area contributed by atoms with Crippen molar-refractivity contribution in [1.82, 2.24) is 0 Å². The van der Waals surface area contributed by atoms with Crippen LogP contribution in [0.2, 0.25) is 0 Å². The lowest BCUT2D eigenvalue weighted by Crippen LogP contribution is -2.22. The molecule has 0 spiro atoms. The van der Waals surface area contributed by atoms with Crippen molar-refractivity contribution in [3.63, 3.8) is 0 Å². The van der Waals surface area contributed by atoms with Crippen molar-refractivity contribution in [1.29, 1.82) is 0 Å². The highest BCUT2D eigenvalue weighted by molar-refractivity contribution is 7.81. The van der Waals surface area contributed by atoms with E-state index in [-0.39, 0.29) is 16.6 Å². The SMILES string of the molecule is CC(C)(C)c1cc(N)cc(C(C)(C)C)c1OS(=O)(=O)O. The van der Waals surface area contributed by atoms with Crippen LogP contribution >= 0.6 is 0 Å². The Morgan fingerprint density at radius 2 is 1.35 bits per heavy atom. The second kappa shape index (κ2) is 4.93. The van der Waals surface area contributed by atoms with Crippen molar-refractivity contribution in [3.8, 4) is 5.75 Å². The molecule has 20 heavy (non-hydrogen) atoms. The molecule has 1 aromatic rings. The van der Waals surface area contributed by atoms with Crippen molar-refractivity contribution in [2.24, 2.45) is 0 Å². The number of nitrogen functional groups attached to an aromatic ring is 1. The van der Waals surface area contributed by atoms with E-state index in [1.807, 2.05) is 41.5 Å². The van der Waals surface area contributed by atoms with Crippen molar-refractivity contribution in [2.45, 2.75) is 52.4 Å². The second-order valence-corrected chi connectivity index (χ2v) is 7.98. The van der Waals surface area contributed by atoms with Gasteiger partial charge in [-0.1, -0.05) is 41.5 Å². The van der Waals surface area contributed by atoms with Crippen LogP contribution in [0.3, 0.4) is 0 Å². The van der Waals surface area contributed by atoms with E-state index in [9.17, 15) is 8.42 Å². The summed E-state index contributed by atoms with van der Waals surface area (Å²) in [5.41, 5.74) is 6.97. The van der Waals surface area contributed by atoms with Gasteiger partial charge in [0.1, 0.15) is 0 Å². The van der Waals surface area contributed by atoms with Crippen molar-refractivity contribution in [3.05, 3.63) is 23.3 Å². The number of hydrogen-bond acceptors (Lipinski definition) is 4. The third-order valence-electron chi connectivity index (χ3n) is 2.92. The molecule has 1 rings (SSSR count). The summed E-state index contributed by atoms with van der Waals surface area (Å²) < 4.78 is 36.2. The van der Waals surface area contributed by atoms with E-state index in [0.29, 0.717) is 16.8 Å². The van der Waals surface area contributed by atoms with Crippen LogP contribution in [-0.2, 0) is 21.2 Å². The van der Waals surface area contributed by atoms with Crippen LogP contribution < -0.4 is 9.92 Å². The summed E-state index contributed by atoms with van der Waals surface area (Å²) in [6.07, 6.45) is 0. The highest BCUT2D eigenvalue weighted by Crippen LogP contribution is 2.41. The molecule has 0 aromatic heterocycles. The molecule has 0 saturated carbocycles. The molecule has 114 valence electrons. The summed E-state index contributed by atoms with van der Waals surface area (Å²) in [6.45, 7) is 11.5. The normalized spacial score (nSPS) is 13.3. The number of hydrogen-bond donors (Lipinski definition) is 2. The summed E-state index contributed by atoms with van der Waals surface area (Å²) in [5.74, 6) is 0.154. The first-order valence-electron chi connectivity index (χ1n) is 6.33. The van der Waals surface area contributed by atoms with Gasteiger partial charge in [0.2, 0.25) is 0 Å². The number of nitrogens with two attached hydrogens (primary N) is 1. The molecule has 0 heterocycles. The third-order valence-corrected chi connectivity index (χ3v) is 3.29. The van der Waals surface area contributed by atoms with Crippen LogP contribution in [0.4, 0.5) is 5.69 Å². The van der Waals surface area contributed by atoms with Crippen molar-refractivity contribution >= 4 is 16.1 Å². The van der Waals surface area contributed by atoms with Gasteiger partial charge in [-0.2, -0.15) is 8.42 Å². The maximum atomic E-state index is 11.1. The first-order chi connectivity index (χ1) is 8.72. The molecule has 0 atom stereocenters. The van der Waals surface area contributed by atoms with Crippen LogP contribution in [0, 0.1) is 0 Å². The summed E-state index contributed by atoms with van der Waals surface area (Å²) in [4.78, 5) is 0. The second-order valence-electron chi connectivity index (χ2n) is 6.96. The molecular formula is C14H23NO4S. The summed E-state index contributed by atoms with van der Waals surface area (Å²) in [6, 6.07) is 3.35. The zero-order valence-electron chi connectivity index (χ0n) is 12.8. The molecule has 3 N–H and O–H groups in total. The van der Waals surface area contributed by atoms with Crippen LogP contribution in [0.5, 0.6) is 5.75 Å². The van der Waals surface area contributed by atoms with E-state index in [2.05, 4.69) is 0 Å². The predicted molar refractivity (Wildman–Crippen MR) is 80.4 cm³/mol. The van der Waals surface area contributed by atoms with Crippen LogP contribution in [0.1, 0.15) is 52.7 Å². The molecular weight excluding hydrogens is 278 g/mol. The monoisotopic (exact) mass is 301 g/mol. The maximum Gasteiger partial charge on any atom is 0.446 e. The fourth-order valence-electron chi connectivity index (χ4n) is 1.96. The first-order valence-corrected chi connectivity index (χ1v) is 7.70. The average molecular weight is 301 g/mol. The Hall–Kier alpha value is -1.27. The molecule has 6 heteroatoms. The largest absolute Gasteiger partial charge is 0.446 e. The highest BCUT2D eigenvalue weighted by atomic mass is 32.3. The molecule has 0 aliphatic rings. The fraction of sp³-hybridized carbons (Fsp3) is 0.571. The zero-order valence-corrected chi connectivity index (χ0v) is 13.6. The van der Waals surface area contributed by atoms with E-state index < -0.39 is 10.4 Å². The Morgan fingerprint density at radius 3 is 1.60 bits per heavy atom. The van der Waals surface area contributed by atoms with E-state index in [4.69, 9.17) is 14.5 Å². The van der Waals surface area contributed by atoms with Gasteiger partial charge in [0, 0.05) is 16.8 Å². The van der Waals surface area contributed by atoms with E-state index in [1.165, 1.54) is 0 Å². The average Bonchev–Trinajstić information content (AvgIpc) is 2.14. The Balaban J connectivity index is 3.72. The standard InChI is InChI=1S/C14H23NO4S/c1-13(2,3)10-7-9(15)8-11(14(4,5)6)12(10)19-20(16,17)18/h7-8H,15H2,1-6H3,(H,16,17,18). The predicted octanol–water partition coefficient (Wildman–Crippen LogP) is 3.05. The van der Waals surface area contributed by atoms with E-state index in [0.717, 1.165) is 0 Å². The Labute approximate surface area is 121 Å². The van der Waals surface area contributed by atoms with E-state index in [1.54, 1.807) is 12.1 Å². The Morgan fingerprint density at radius 1 is 1.00 bits per heavy atom. The minimum Gasteiger partial charge on any atom is -0.399 e. The summed E-state index contributed by atoms with van der Waals surface area (Å²) >= 11 is 0. The van der Waals surface area contributed by atoms with Crippen molar-refractivity contribution in [2.75, 3.05) is 5.73 Å². The van der Waals surface area contributed by atoms with Gasteiger partial charge in [-0.3, -0.25) is 4.55 Å². The number of anilines is 1.